The highest BCUT2D eigenvalue weighted by Gasteiger charge is 2.30. The van der Waals surface area contributed by atoms with E-state index in [0.29, 0.717) is 30.3 Å². The van der Waals surface area contributed by atoms with Gasteiger partial charge in [0.15, 0.2) is 5.76 Å². The minimum absolute atomic E-state index is 0.126. The van der Waals surface area contributed by atoms with E-state index in [1.165, 1.54) is 5.56 Å². The molecule has 1 heterocycles. The van der Waals surface area contributed by atoms with Gasteiger partial charge in [0, 0.05) is 11.6 Å². The van der Waals surface area contributed by atoms with Gasteiger partial charge in [0.1, 0.15) is 23.9 Å². The Bertz CT molecular complexity index is 1130. The zero-order valence-corrected chi connectivity index (χ0v) is 17.4. The van der Waals surface area contributed by atoms with Crippen molar-refractivity contribution in [2.75, 3.05) is 6.61 Å². The topological polar surface area (TPSA) is 44.8 Å². The number of rotatable bonds is 6. The van der Waals surface area contributed by atoms with Crippen LogP contribution in [0.15, 0.2) is 66.4 Å². The first kappa shape index (κ1) is 19.8. The molecule has 0 saturated carbocycles. The van der Waals surface area contributed by atoms with Crippen LogP contribution in [0.3, 0.4) is 0 Å². The number of para-hydroxylation sites is 1. The van der Waals surface area contributed by atoms with Crippen LogP contribution >= 0.6 is 0 Å². The van der Waals surface area contributed by atoms with Gasteiger partial charge in [-0.15, -0.1) is 0 Å². The Morgan fingerprint density at radius 2 is 1.70 bits per heavy atom. The Hall–Kier alpha value is -3.53. The third-order valence-corrected chi connectivity index (χ3v) is 5.10. The number of fused-ring (bicyclic) bond motifs is 1. The van der Waals surface area contributed by atoms with Gasteiger partial charge in [0.05, 0.1) is 12.2 Å². The number of ether oxygens (including phenoxy) is 3. The van der Waals surface area contributed by atoms with Crippen LogP contribution < -0.4 is 14.2 Å². The molecular formula is C26H24O4. The molecule has 4 rings (SSSR count). The maximum Gasteiger partial charge on any atom is 0.232 e. The highest BCUT2D eigenvalue weighted by atomic mass is 16.5. The van der Waals surface area contributed by atoms with E-state index < -0.39 is 0 Å². The molecule has 3 aromatic rings. The number of ketones is 1. The van der Waals surface area contributed by atoms with Crippen LogP contribution in [0.25, 0.3) is 6.08 Å². The third-order valence-electron chi connectivity index (χ3n) is 5.10. The van der Waals surface area contributed by atoms with Gasteiger partial charge in [-0.2, -0.15) is 0 Å². The van der Waals surface area contributed by atoms with Crippen molar-refractivity contribution in [3.8, 4) is 17.2 Å². The van der Waals surface area contributed by atoms with Gasteiger partial charge in [-0.3, -0.25) is 4.79 Å². The average Bonchev–Trinajstić information content (AvgIpc) is 3.05. The molecule has 0 unspecified atom stereocenters. The Morgan fingerprint density at radius 1 is 0.933 bits per heavy atom. The van der Waals surface area contributed by atoms with E-state index >= 15 is 0 Å². The molecule has 30 heavy (non-hydrogen) atoms. The molecule has 0 fully saturated rings. The van der Waals surface area contributed by atoms with Crippen molar-refractivity contribution in [3.63, 3.8) is 0 Å². The van der Waals surface area contributed by atoms with Crippen molar-refractivity contribution in [1.82, 2.24) is 0 Å². The van der Waals surface area contributed by atoms with E-state index in [2.05, 4.69) is 13.0 Å². The van der Waals surface area contributed by atoms with Crippen LogP contribution in [0, 0.1) is 13.8 Å². The fourth-order valence-corrected chi connectivity index (χ4v) is 3.52. The first-order chi connectivity index (χ1) is 14.6. The zero-order valence-electron chi connectivity index (χ0n) is 17.4. The zero-order chi connectivity index (χ0) is 21.1. The summed E-state index contributed by atoms with van der Waals surface area (Å²) in [4.78, 5) is 13.0. The molecule has 152 valence electrons. The SMILES string of the molecule is CCOc1ccccc1/C=C1\Oc2cc(OCc3ccccc3C)cc(C)c2C1=O. The maximum absolute atomic E-state index is 13.0. The lowest BCUT2D eigenvalue weighted by Gasteiger charge is -2.10. The van der Waals surface area contributed by atoms with Gasteiger partial charge < -0.3 is 14.2 Å². The second-order valence-electron chi connectivity index (χ2n) is 7.24. The van der Waals surface area contributed by atoms with Crippen molar-refractivity contribution in [3.05, 3.63) is 94.2 Å². The Morgan fingerprint density at radius 3 is 2.50 bits per heavy atom. The van der Waals surface area contributed by atoms with Gasteiger partial charge in [0.2, 0.25) is 5.78 Å². The Balaban J connectivity index is 1.59. The van der Waals surface area contributed by atoms with Crippen LogP contribution in [-0.2, 0) is 6.61 Å². The van der Waals surface area contributed by atoms with Crippen molar-refractivity contribution >= 4 is 11.9 Å². The van der Waals surface area contributed by atoms with Gasteiger partial charge >= 0.3 is 0 Å². The summed E-state index contributed by atoms with van der Waals surface area (Å²) in [5, 5.41) is 0. The van der Waals surface area contributed by atoms with Gasteiger partial charge in [0.25, 0.3) is 0 Å². The number of allylic oxidation sites excluding steroid dienone is 1. The second-order valence-corrected chi connectivity index (χ2v) is 7.24. The normalized spacial score (nSPS) is 13.8. The Labute approximate surface area is 176 Å². The van der Waals surface area contributed by atoms with Crippen LogP contribution in [0.1, 0.15) is 39.5 Å². The van der Waals surface area contributed by atoms with Crippen molar-refractivity contribution in [2.45, 2.75) is 27.4 Å². The molecule has 0 aromatic heterocycles. The fraction of sp³-hybridized carbons (Fsp3) is 0.192. The monoisotopic (exact) mass is 400 g/mol. The van der Waals surface area contributed by atoms with Crippen LogP contribution in [-0.4, -0.2) is 12.4 Å². The predicted molar refractivity (Wildman–Crippen MR) is 117 cm³/mol. The minimum atomic E-state index is -0.126. The smallest absolute Gasteiger partial charge is 0.232 e. The standard InChI is InChI=1S/C26H24O4/c1-4-28-22-12-8-7-10-19(22)14-24-26(27)25-18(3)13-21(15-23(25)30-24)29-16-20-11-6-5-9-17(20)2/h5-15H,4,16H2,1-3H3/b24-14-. The number of Topliss-reactive ketones (excluding diaryl/α,β-unsaturated/α-hetero) is 1. The lowest BCUT2D eigenvalue weighted by molar-refractivity contribution is 0.101. The summed E-state index contributed by atoms with van der Waals surface area (Å²) in [7, 11) is 0. The highest BCUT2D eigenvalue weighted by molar-refractivity contribution is 6.15. The summed E-state index contributed by atoms with van der Waals surface area (Å²) >= 11 is 0. The molecule has 0 spiro atoms. The van der Waals surface area contributed by atoms with E-state index in [0.717, 1.165) is 22.4 Å². The minimum Gasteiger partial charge on any atom is -0.493 e. The number of carbonyl (C=O) groups excluding carboxylic acids is 1. The molecule has 3 aromatic carbocycles. The number of hydrogen-bond acceptors (Lipinski definition) is 4. The number of hydrogen-bond donors (Lipinski definition) is 0. The van der Waals surface area contributed by atoms with E-state index in [9.17, 15) is 4.79 Å². The van der Waals surface area contributed by atoms with Crippen molar-refractivity contribution in [2.24, 2.45) is 0 Å². The molecule has 0 bridgehead atoms. The van der Waals surface area contributed by atoms with Gasteiger partial charge in [-0.1, -0.05) is 42.5 Å². The molecule has 0 N–H and O–H groups in total. The molecule has 1 aliphatic rings. The predicted octanol–water partition coefficient (Wildman–Crippen LogP) is 5.90. The molecule has 4 heteroatoms. The number of aryl methyl sites for hydroxylation is 2. The summed E-state index contributed by atoms with van der Waals surface area (Å²) in [5.41, 5.74) is 4.53. The molecule has 0 radical (unpaired) electrons. The highest BCUT2D eigenvalue weighted by Crippen LogP contribution is 2.38. The fourth-order valence-electron chi connectivity index (χ4n) is 3.52. The van der Waals surface area contributed by atoms with Crippen molar-refractivity contribution in [1.29, 1.82) is 0 Å². The quantitative estimate of drug-likeness (QED) is 0.484. The molecule has 4 nitrogen and oxygen atoms in total. The largest absolute Gasteiger partial charge is 0.493 e. The van der Waals surface area contributed by atoms with Crippen LogP contribution in [0.5, 0.6) is 17.2 Å². The van der Waals surface area contributed by atoms with E-state index in [4.69, 9.17) is 14.2 Å². The van der Waals surface area contributed by atoms with E-state index in [1.807, 2.05) is 62.4 Å². The molecule has 0 amide bonds. The average molecular weight is 400 g/mol. The maximum atomic E-state index is 13.0. The van der Waals surface area contributed by atoms with E-state index in [-0.39, 0.29) is 11.5 Å². The molecule has 1 aliphatic heterocycles. The van der Waals surface area contributed by atoms with Crippen LogP contribution in [0.2, 0.25) is 0 Å². The molecular weight excluding hydrogens is 376 g/mol. The summed E-state index contributed by atoms with van der Waals surface area (Å²) in [6.07, 6.45) is 1.74. The van der Waals surface area contributed by atoms with Gasteiger partial charge in [-0.25, -0.2) is 0 Å². The molecule has 0 saturated heterocycles. The first-order valence-electron chi connectivity index (χ1n) is 10.0. The summed E-state index contributed by atoms with van der Waals surface area (Å²) in [6, 6.07) is 19.4. The first-order valence-corrected chi connectivity index (χ1v) is 10.0. The molecule has 0 atom stereocenters. The summed E-state index contributed by atoms with van der Waals surface area (Å²) < 4.78 is 17.6. The second kappa shape index (κ2) is 8.46. The third kappa shape index (κ3) is 3.94. The summed E-state index contributed by atoms with van der Waals surface area (Å²) in [6.45, 7) is 6.90. The lowest BCUT2D eigenvalue weighted by atomic mass is 10.0. The molecule has 0 aliphatic carbocycles. The number of carbonyl (C=O) groups is 1. The Kier molecular flexibility index (Phi) is 5.57. The van der Waals surface area contributed by atoms with Gasteiger partial charge in [-0.05, 0) is 55.7 Å². The van der Waals surface area contributed by atoms with Crippen LogP contribution in [0.4, 0.5) is 0 Å². The number of benzene rings is 3. The lowest BCUT2D eigenvalue weighted by Crippen LogP contribution is -2.01. The summed E-state index contributed by atoms with van der Waals surface area (Å²) in [5.74, 6) is 2.09. The van der Waals surface area contributed by atoms with E-state index in [1.54, 1.807) is 12.1 Å². The van der Waals surface area contributed by atoms with Crippen molar-refractivity contribution < 1.29 is 19.0 Å².